The Labute approximate surface area is 110 Å². The van der Waals surface area contributed by atoms with E-state index in [4.69, 9.17) is 9.47 Å². The van der Waals surface area contributed by atoms with Gasteiger partial charge in [-0.1, -0.05) is 19.1 Å². The molecule has 102 valence electrons. The van der Waals surface area contributed by atoms with E-state index in [0.717, 1.165) is 12.3 Å². The summed E-state index contributed by atoms with van der Waals surface area (Å²) < 4.78 is 11.2. The second-order valence-corrected chi connectivity index (χ2v) is 4.50. The molecule has 0 radical (unpaired) electrons. The van der Waals surface area contributed by atoms with Crippen molar-refractivity contribution in [1.82, 2.24) is 5.32 Å². The predicted octanol–water partition coefficient (Wildman–Crippen LogP) is 3.16. The number of hydrogen-bond acceptors (Lipinski definition) is 3. The fourth-order valence-electron chi connectivity index (χ4n) is 1.80. The highest BCUT2D eigenvalue weighted by Gasteiger charge is 2.12. The molecule has 1 atom stereocenters. The number of benzene rings is 1. The van der Waals surface area contributed by atoms with Gasteiger partial charge in [0.1, 0.15) is 5.75 Å². The molecule has 18 heavy (non-hydrogen) atoms. The van der Waals surface area contributed by atoms with Gasteiger partial charge in [0.2, 0.25) is 0 Å². The molecule has 0 fully saturated rings. The van der Waals surface area contributed by atoms with Crippen LogP contribution in [0.4, 0.5) is 0 Å². The summed E-state index contributed by atoms with van der Waals surface area (Å²) in [6.07, 6.45) is 0.251. The van der Waals surface area contributed by atoms with E-state index in [0.29, 0.717) is 13.2 Å². The van der Waals surface area contributed by atoms with Crippen LogP contribution in [0.2, 0.25) is 0 Å². The highest BCUT2D eigenvalue weighted by Crippen LogP contribution is 2.20. The van der Waals surface area contributed by atoms with Crippen molar-refractivity contribution in [2.24, 2.45) is 0 Å². The van der Waals surface area contributed by atoms with E-state index in [1.165, 1.54) is 5.56 Å². The molecule has 1 aromatic rings. The lowest BCUT2D eigenvalue weighted by Gasteiger charge is -2.20. The second-order valence-electron chi connectivity index (χ2n) is 4.50. The van der Waals surface area contributed by atoms with Gasteiger partial charge in [-0.05, 0) is 45.0 Å². The maximum atomic E-state index is 5.71. The predicted molar refractivity (Wildman–Crippen MR) is 75.1 cm³/mol. The van der Waals surface area contributed by atoms with E-state index in [-0.39, 0.29) is 12.1 Å². The quantitative estimate of drug-likeness (QED) is 0.770. The molecular formula is C15H25NO2. The lowest BCUT2D eigenvalue weighted by atomic mass is 10.1. The molecule has 1 rings (SSSR count). The Morgan fingerprint density at radius 2 is 2.00 bits per heavy atom. The van der Waals surface area contributed by atoms with Crippen molar-refractivity contribution in [3.63, 3.8) is 0 Å². The Morgan fingerprint density at radius 3 is 2.61 bits per heavy atom. The zero-order chi connectivity index (χ0) is 13.4. The molecule has 0 heterocycles. The SMILES string of the molecule is CCNC(COC(C)C)c1cccc(OCC)c1. The Hall–Kier alpha value is -1.06. The molecule has 3 nitrogen and oxygen atoms in total. The van der Waals surface area contributed by atoms with Gasteiger partial charge in [0.05, 0.1) is 25.4 Å². The Morgan fingerprint density at radius 1 is 1.22 bits per heavy atom. The summed E-state index contributed by atoms with van der Waals surface area (Å²) in [6, 6.07) is 8.43. The van der Waals surface area contributed by atoms with E-state index in [1.54, 1.807) is 0 Å². The van der Waals surface area contributed by atoms with Crippen LogP contribution in [-0.2, 0) is 4.74 Å². The van der Waals surface area contributed by atoms with E-state index >= 15 is 0 Å². The number of likely N-dealkylation sites (N-methyl/N-ethyl adjacent to an activating group) is 1. The minimum absolute atomic E-state index is 0.220. The van der Waals surface area contributed by atoms with E-state index < -0.39 is 0 Å². The third-order valence-electron chi connectivity index (χ3n) is 2.62. The van der Waals surface area contributed by atoms with E-state index in [9.17, 15) is 0 Å². The summed E-state index contributed by atoms with van der Waals surface area (Å²) in [7, 11) is 0. The first-order valence-electron chi connectivity index (χ1n) is 6.75. The summed E-state index contributed by atoms with van der Waals surface area (Å²) in [4.78, 5) is 0. The first kappa shape index (κ1) is 15.0. The lowest BCUT2D eigenvalue weighted by molar-refractivity contribution is 0.0614. The molecule has 1 unspecified atom stereocenters. The van der Waals surface area contributed by atoms with Crippen LogP contribution in [0, 0.1) is 0 Å². The van der Waals surface area contributed by atoms with Gasteiger partial charge in [0.25, 0.3) is 0 Å². The Kier molecular flexibility index (Phi) is 6.76. The number of hydrogen-bond donors (Lipinski definition) is 1. The highest BCUT2D eigenvalue weighted by atomic mass is 16.5. The Bertz CT molecular complexity index is 339. The molecule has 1 aromatic carbocycles. The van der Waals surface area contributed by atoms with Crippen LogP contribution in [0.25, 0.3) is 0 Å². The van der Waals surface area contributed by atoms with Crippen molar-refractivity contribution in [3.05, 3.63) is 29.8 Å². The lowest BCUT2D eigenvalue weighted by Crippen LogP contribution is -2.26. The summed E-state index contributed by atoms with van der Waals surface area (Å²) in [5.74, 6) is 0.919. The molecule has 0 aliphatic rings. The minimum atomic E-state index is 0.220. The maximum absolute atomic E-state index is 5.71. The topological polar surface area (TPSA) is 30.5 Å². The van der Waals surface area contributed by atoms with Gasteiger partial charge in [-0.25, -0.2) is 0 Å². The summed E-state index contributed by atoms with van der Waals surface area (Å²) in [5.41, 5.74) is 1.21. The first-order valence-corrected chi connectivity index (χ1v) is 6.75. The zero-order valence-corrected chi connectivity index (χ0v) is 11.9. The van der Waals surface area contributed by atoms with Gasteiger partial charge < -0.3 is 14.8 Å². The summed E-state index contributed by atoms with van der Waals surface area (Å²) >= 11 is 0. The standard InChI is InChI=1S/C15H25NO2/c1-5-16-15(11-18-12(3)4)13-8-7-9-14(10-13)17-6-2/h7-10,12,15-16H,5-6,11H2,1-4H3. The van der Waals surface area contributed by atoms with Crippen molar-refractivity contribution >= 4 is 0 Å². The summed E-state index contributed by atoms with van der Waals surface area (Å²) in [5, 5.41) is 3.44. The smallest absolute Gasteiger partial charge is 0.119 e. The normalized spacial score (nSPS) is 12.7. The second kappa shape index (κ2) is 8.11. The van der Waals surface area contributed by atoms with Crippen molar-refractivity contribution in [2.75, 3.05) is 19.8 Å². The van der Waals surface area contributed by atoms with Crippen molar-refractivity contribution in [2.45, 2.75) is 39.8 Å². The van der Waals surface area contributed by atoms with Gasteiger partial charge in [0.15, 0.2) is 0 Å². The minimum Gasteiger partial charge on any atom is -0.494 e. The molecule has 0 spiro atoms. The summed E-state index contributed by atoms with van der Waals surface area (Å²) in [6.45, 7) is 10.5. The number of nitrogens with one attached hydrogen (secondary N) is 1. The number of ether oxygens (including phenoxy) is 2. The van der Waals surface area contributed by atoms with Crippen LogP contribution in [-0.4, -0.2) is 25.9 Å². The molecule has 0 saturated carbocycles. The van der Waals surface area contributed by atoms with Gasteiger partial charge >= 0.3 is 0 Å². The molecular weight excluding hydrogens is 226 g/mol. The fraction of sp³-hybridized carbons (Fsp3) is 0.600. The fourth-order valence-corrected chi connectivity index (χ4v) is 1.80. The highest BCUT2D eigenvalue weighted by molar-refractivity contribution is 5.30. The van der Waals surface area contributed by atoms with Crippen molar-refractivity contribution in [3.8, 4) is 5.75 Å². The molecule has 0 aromatic heterocycles. The van der Waals surface area contributed by atoms with Gasteiger partial charge in [0, 0.05) is 0 Å². The molecule has 0 aliphatic carbocycles. The molecule has 0 amide bonds. The average Bonchev–Trinajstić information content (AvgIpc) is 2.35. The molecule has 0 saturated heterocycles. The average molecular weight is 251 g/mol. The molecule has 3 heteroatoms. The van der Waals surface area contributed by atoms with Gasteiger partial charge in [-0.3, -0.25) is 0 Å². The van der Waals surface area contributed by atoms with E-state index in [2.05, 4.69) is 38.2 Å². The molecule has 1 N–H and O–H groups in total. The van der Waals surface area contributed by atoms with Crippen LogP contribution in [0.1, 0.15) is 39.3 Å². The third kappa shape index (κ3) is 5.07. The zero-order valence-electron chi connectivity index (χ0n) is 11.9. The van der Waals surface area contributed by atoms with Gasteiger partial charge in [-0.15, -0.1) is 0 Å². The maximum Gasteiger partial charge on any atom is 0.119 e. The number of rotatable bonds is 8. The third-order valence-corrected chi connectivity index (χ3v) is 2.62. The van der Waals surface area contributed by atoms with Crippen molar-refractivity contribution < 1.29 is 9.47 Å². The van der Waals surface area contributed by atoms with Gasteiger partial charge in [-0.2, -0.15) is 0 Å². The Balaban J connectivity index is 2.73. The molecule has 0 bridgehead atoms. The monoisotopic (exact) mass is 251 g/mol. The van der Waals surface area contributed by atoms with Crippen LogP contribution < -0.4 is 10.1 Å². The van der Waals surface area contributed by atoms with Crippen LogP contribution >= 0.6 is 0 Å². The van der Waals surface area contributed by atoms with Crippen LogP contribution in [0.5, 0.6) is 5.75 Å². The van der Waals surface area contributed by atoms with Crippen LogP contribution in [0.15, 0.2) is 24.3 Å². The molecule has 0 aliphatic heterocycles. The first-order chi connectivity index (χ1) is 8.67. The van der Waals surface area contributed by atoms with Crippen LogP contribution in [0.3, 0.4) is 0 Å². The van der Waals surface area contributed by atoms with Crippen molar-refractivity contribution in [1.29, 1.82) is 0 Å². The van der Waals surface area contributed by atoms with E-state index in [1.807, 2.05) is 19.1 Å². The largest absolute Gasteiger partial charge is 0.494 e.